The van der Waals surface area contributed by atoms with Gasteiger partial charge in [-0.2, -0.15) is 12.6 Å². The Bertz CT molecular complexity index is 1330. The van der Waals surface area contributed by atoms with Gasteiger partial charge in [-0.15, -0.1) is 6.58 Å². The summed E-state index contributed by atoms with van der Waals surface area (Å²) in [4.78, 5) is 0. The van der Waals surface area contributed by atoms with Gasteiger partial charge < -0.3 is 10.6 Å². The molecule has 0 amide bonds. The highest BCUT2D eigenvalue weighted by Gasteiger charge is 2.12. The molecule has 0 atom stereocenters. The van der Waals surface area contributed by atoms with Crippen LogP contribution in [0.3, 0.4) is 0 Å². The Balaban J connectivity index is 1.62. The smallest absolute Gasteiger partial charge is 0.191 e. The van der Waals surface area contributed by atoms with Crippen LogP contribution in [0.5, 0.6) is 0 Å². The van der Waals surface area contributed by atoms with Gasteiger partial charge in [0.2, 0.25) is 0 Å². The topological polar surface area (TPSA) is 24.1 Å². The van der Waals surface area contributed by atoms with Crippen LogP contribution in [0.25, 0.3) is 5.57 Å². The summed E-state index contributed by atoms with van der Waals surface area (Å²) in [5, 5.41) is 7.02. The van der Waals surface area contributed by atoms with Gasteiger partial charge >= 0.3 is 0 Å². The summed E-state index contributed by atoms with van der Waals surface area (Å²) in [5.74, 6) is 0.603. The normalized spacial score (nSPS) is 13.7. The highest BCUT2D eigenvalue weighted by Crippen LogP contribution is 2.29. The first kappa shape index (κ1) is 29.3. The van der Waals surface area contributed by atoms with Crippen LogP contribution in [-0.2, 0) is 0 Å². The van der Waals surface area contributed by atoms with Crippen LogP contribution in [0.1, 0.15) is 38.7 Å². The summed E-state index contributed by atoms with van der Waals surface area (Å²) in [6.45, 7) is 16.8. The molecule has 1 aliphatic rings. The molecule has 0 aliphatic heterocycles. The van der Waals surface area contributed by atoms with Crippen LogP contribution >= 0.6 is 24.8 Å². The average Bonchev–Trinajstić information content (AvgIpc) is 2.91. The van der Waals surface area contributed by atoms with Gasteiger partial charge in [0.1, 0.15) is 0 Å². The zero-order valence-electron chi connectivity index (χ0n) is 22.5. The van der Waals surface area contributed by atoms with E-state index in [1.165, 1.54) is 27.7 Å². The minimum Gasteiger partial charge on any atom is -0.333 e. The Morgan fingerprint density at radius 2 is 1.82 bits per heavy atom. The van der Waals surface area contributed by atoms with Crippen molar-refractivity contribution in [1.29, 1.82) is 0 Å². The number of nitrogens with one attached hydrogen (secondary N) is 2. The molecule has 2 aromatic carbocycles. The van der Waals surface area contributed by atoms with Gasteiger partial charge in [0.05, 0.1) is 0 Å². The van der Waals surface area contributed by atoms with E-state index >= 15 is 0 Å². The largest absolute Gasteiger partial charge is 0.333 e. The van der Waals surface area contributed by atoms with Crippen molar-refractivity contribution in [2.24, 2.45) is 0 Å². The second-order valence-corrected chi connectivity index (χ2v) is 10.2. The van der Waals surface area contributed by atoms with Crippen LogP contribution in [0, 0.1) is 0 Å². The highest BCUT2D eigenvalue weighted by atomic mass is 32.1. The van der Waals surface area contributed by atoms with Crippen molar-refractivity contribution in [3.05, 3.63) is 138 Å². The van der Waals surface area contributed by atoms with Crippen LogP contribution in [-0.4, -0.2) is 18.1 Å². The average molecular weight is 537 g/mol. The molecule has 0 radical (unpaired) electrons. The maximum atomic E-state index is 5.59. The minimum absolute atomic E-state index is 0.492. The van der Waals surface area contributed by atoms with Crippen molar-refractivity contribution in [2.45, 2.75) is 33.1 Å². The van der Waals surface area contributed by atoms with Gasteiger partial charge in [0.15, 0.2) is 12.4 Å². The molecular weight excluding hydrogens is 499 g/mol. The van der Waals surface area contributed by atoms with Crippen molar-refractivity contribution in [2.75, 3.05) is 11.1 Å². The van der Waals surface area contributed by atoms with E-state index in [1.54, 1.807) is 0 Å². The fourth-order valence-electron chi connectivity index (χ4n) is 4.40. The fourth-order valence-corrected chi connectivity index (χ4v) is 4.84. The van der Waals surface area contributed by atoms with Gasteiger partial charge in [-0.1, -0.05) is 103 Å². The predicted molar refractivity (Wildman–Crippen MR) is 178 cm³/mol. The van der Waals surface area contributed by atoms with E-state index in [0.717, 1.165) is 54.5 Å². The number of hydrogen-bond donors (Lipinski definition) is 3. The summed E-state index contributed by atoms with van der Waals surface area (Å²) < 4.78 is 0. The van der Waals surface area contributed by atoms with E-state index in [1.807, 2.05) is 25.1 Å². The van der Waals surface area contributed by atoms with Crippen molar-refractivity contribution >= 4 is 54.0 Å². The van der Waals surface area contributed by atoms with Crippen molar-refractivity contribution in [3.8, 4) is 0 Å². The Kier molecular flexibility index (Phi) is 11.3. The first-order chi connectivity index (χ1) is 18.3. The summed E-state index contributed by atoms with van der Waals surface area (Å²) in [7, 11) is 0.795. The molecule has 3 rings (SSSR count). The second kappa shape index (κ2) is 14.6. The van der Waals surface area contributed by atoms with Gasteiger partial charge in [-0.05, 0) is 78.9 Å². The van der Waals surface area contributed by atoms with Gasteiger partial charge in [0.25, 0.3) is 0 Å². The molecule has 38 heavy (non-hydrogen) atoms. The van der Waals surface area contributed by atoms with E-state index in [9.17, 15) is 0 Å². The third-order valence-corrected chi connectivity index (χ3v) is 6.92. The predicted octanol–water partition coefficient (Wildman–Crippen LogP) is 7.63. The number of hydrogen-bond acceptors (Lipinski definition) is 2. The zero-order valence-corrected chi connectivity index (χ0v) is 24.2. The lowest BCUT2D eigenvalue weighted by Crippen LogP contribution is -2.28. The number of rotatable bonds is 11. The quantitative estimate of drug-likeness (QED) is 0.119. The van der Waals surface area contributed by atoms with Crippen molar-refractivity contribution < 1.29 is 0 Å². The van der Waals surface area contributed by atoms with Crippen LogP contribution in [0.4, 0.5) is 5.69 Å². The minimum atomic E-state index is 0.492. The molecular formula is C33H37BN2S2. The Morgan fingerprint density at radius 3 is 2.45 bits per heavy atom. The molecule has 0 fully saturated rings. The van der Waals surface area contributed by atoms with Crippen molar-refractivity contribution in [3.63, 3.8) is 0 Å². The molecule has 2 aromatic rings. The third kappa shape index (κ3) is 8.64. The lowest BCUT2D eigenvalue weighted by molar-refractivity contribution is 1.00. The lowest BCUT2D eigenvalue weighted by atomic mass is 9.60. The van der Waals surface area contributed by atoms with Crippen LogP contribution < -0.4 is 16.1 Å². The van der Waals surface area contributed by atoms with Crippen LogP contribution in [0.15, 0.2) is 132 Å². The summed E-state index contributed by atoms with van der Waals surface area (Å²) in [6, 6.07) is 18.9. The molecule has 0 saturated carbocycles. The number of allylic oxidation sites excluding steroid dienone is 8. The molecule has 0 aromatic heterocycles. The van der Waals surface area contributed by atoms with E-state index in [0.29, 0.717) is 10.9 Å². The first-order valence-corrected chi connectivity index (χ1v) is 14.0. The molecule has 2 nitrogen and oxygen atoms in total. The first-order valence-electron chi connectivity index (χ1n) is 13.0. The highest BCUT2D eigenvalue weighted by molar-refractivity contribution is 7.80. The molecule has 0 saturated heterocycles. The van der Waals surface area contributed by atoms with E-state index < -0.39 is 0 Å². The number of anilines is 1. The summed E-state index contributed by atoms with van der Waals surface area (Å²) >= 11 is 9.96. The van der Waals surface area contributed by atoms with E-state index in [4.69, 9.17) is 12.2 Å². The summed E-state index contributed by atoms with van der Waals surface area (Å²) in [5.41, 5.74) is 11.2. The molecule has 0 unspecified atom stereocenters. The van der Waals surface area contributed by atoms with Crippen LogP contribution in [0.2, 0.25) is 0 Å². The Morgan fingerprint density at radius 1 is 1.05 bits per heavy atom. The maximum absolute atomic E-state index is 5.59. The van der Waals surface area contributed by atoms with Gasteiger partial charge in [0, 0.05) is 17.1 Å². The standard InChI is InChI=1S/C33H37BN2S2/c1-6-26(23(2)3)21-30(19-20-37)25(5)35-33(38)36-32-14-10-13-31(22-32)34-24(4)27-15-17-29(18-16-27)28-11-8-7-9-12-28/h7-15,17,19,21-22,34,37H,2,4-6,16,18,20H2,1,3H3,(H2,35,36,38)/b26-21-,30-19+. The Labute approximate surface area is 240 Å². The number of thiol groups is 1. The third-order valence-electron chi connectivity index (χ3n) is 6.53. The SMILES string of the molecule is C=C(Bc1cccc(NC(=S)NC(=C)C(/C=C(/CC)C(=C)C)=C/CS)c1)C1=CC=C(c2ccccc2)CC1. The van der Waals surface area contributed by atoms with Gasteiger partial charge in [-0.25, -0.2) is 0 Å². The molecule has 0 spiro atoms. The number of benzene rings is 2. The fraction of sp³-hybridized carbons (Fsp3) is 0.182. The molecule has 0 heterocycles. The van der Waals surface area contributed by atoms with Gasteiger partial charge in [-0.3, -0.25) is 0 Å². The molecule has 5 heteroatoms. The number of thiocarbonyl (C=S) groups is 1. The van der Waals surface area contributed by atoms with Crippen molar-refractivity contribution in [1.82, 2.24) is 5.32 Å². The second-order valence-electron chi connectivity index (χ2n) is 9.43. The molecule has 194 valence electrons. The maximum Gasteiger partial charge on any atom is 0.191 e. The molecule has 1 aliphatic carbocycles. The van der Waals surface area contributed by atoms with E-state index in [-0.39, 0.29) is 0 Å². The molecule has 2 N–H and O–H groups in total. The summed E-state index contributed by atoms with van der Waals surface area (Å²) in [6.07, 6.45) is 11.5. The molecule has 0 bridgehead atoms. The zero-order chi connectivity index (χ0) is 27.5. The lowest BCUT2D eigenvalue weighted by Gasteiger charge is -2.17. The monoisotopic (exact) mass is 536 g/mol. The Hall–Kier alpha value is -3.28. The van der Waals surface area contributed by atoms with E-state index in [2.05, 4.69) is 111 Å².